The standard InChI is InChI=1S/C19H22N4O2/c1-25-16-5-3-15(4-6-16)19(7-8-19)17(24)22-11-13-23(14-12-22)18-20-9-2-10-21-18/h2-6,9-10H,7-8,11-14H2,1H3. The first kappa shape index (κ1) is 15.9. The van der Waals surface area contributed by atoms with Crippen LogP contribution in [0.4, 0.5) is 5.95 Å². The predicted octanol–water partition coefficient (Wildman–Crippen LogP) is 1.87. The highest BCUT2D eigenvalue weighted by Gasteiger charge is 2.53. The molecule has 1 saturated heterocycles. The van der Waals surface area contributed by atoms with Crippen LogP contribution in [0.1, 0.15) is 18.4 Å². The van der Waals surface area contributed by atoms with Crippen molar-refractivity contribution in [3.8, 4) is 5.75 Å². The Hall–Kier alpha value is -2.63. The maximum atomic E-state index is 13.1. The van der Waals surface area contributed by atoms with E-state index in [2.05, 4.69) is 14.9 Å². The lowest BCUT2D eigenvalue weighted by atomic mass is 9.94. The molecule has 6 heteroatoms. The average molecular weight is 338 g/mol. The molecule has 0 unspecified atom stereocenters. The number of anilines is 1. The van der Waals surface area contributed by atoms with E-state index in [1.165, 1.54) is 0 Å². The summed E-state index contributed by atoms with van der Waals surface area (Å²) in [4.78, 5) is 25.9. The Morgan fingerprint density at radius 2 is 1.68 bits per heavy atom. The summed E-state index contributed by atoms with van der Waals surface area (Å²) in [5, 5.41) is 0. The van der Waals surface area contributed by atoms with Gasteiger partial charge in [-0.2, -0.15) is 0 Å². The van der Waals surface area contributed by atoms with Crippen LogP contribution in [0.2, 0.25) is 0 Å². The number of aromatic nitrogens is 2. The molecule has 1 aliphatic carbocycles. The molecule has 0 radical (unpaired) electrons. The van der Waals surface area contributed by atoms with E-state index >= 15 is 0 Å². The van der Waals surface area contributed by atoms with Crippen molar-refractivity contribution >= 4 is 11.9 Å². The van der Waals surface area contributed by atoms with Crippen molar-refractivity contribution in [3.05, 3.63) is 48.3 Å². The summed E-state index contributed by atoms with van der Waals surface area (Å²) in [6, 6.07) is 9.74. The molecule has 2 heterocycles. The van der Waals surface area contributed by atoms with E-state index in [9.17, 15) is 4.79 Å². The molecule has 4 rings (SSSR count). The van der Waals surface area contributed by atoms with Crippen molar-refractivity contribution in [2.45, 2.75) is 18.3 Å². The van der Waals surface area contributed by atoms with Crippen LogP contribution in [0, 0.1) is 0 Å². The first-order chi connectivity index (χ1) is 12.2. The van der Waals surface area contributed by atoms with Crippen molar-refractivity contribution in [2.24, 2.45) is 0 Å². The molecule has 1 saturated carbocycles. The van der Waals surface area contributed by atoms with Crippen molar-refractivity contribution in [1.82, 2.24) is 14.9 Å². The molecule has 6 nitrogen and oxygen atoms in total. The fraction of sp³-hybridized carbons (Fsp3) is 0.421. The second-order valence-corrected chi connectivity index (χ2v) is 6.64. The summed E-state index contributed by atoms with van der Waals surface area (Å²) in [5.41, 5.74) is 0.782. The number of nitrogens with zero attached hydrogens (tertiary/aromatic N) is 4. The van der Waals surface area contributed by atoms with Gasteiger partial charge in [-0.3, -0.25) is 4.79 Å². The van der Waals surface area contributed by atoms with Crippen LogP contribution in [-0.4, -0.2) is 54.1 Å². The zero-order chi connectivity index (χ0) is 17.3. The smallest absolute Gasteiger partial charge is 0.233 e. The number of carbonyl (C=O) groups is 1. The molecule has 2 fully saturated rings. The number of piperazine rings is 1. The molecular weight excluding hydrogens is 316 g/mol. The highest BCUT2D eigenvalue weighted by molar-refractivity contribution is 5.91. The minimum absolute atomic E-state index is 0.256. The number of carbonyl (C=O) groups excluding carboxylic acids is 1. The molecule has 0 atom stereocenters. The number of benzene rings is 1. The van der Waals surface area contributed by atoms with Gasteiger partial charge in [-0.1, -0.05) is 12.1 Å². The molecule has 2 aromatic rings. The minimum Gasteiger partial charge on any atom is -0.497 e. The normalized spacial score (nSPS) is 18.8. The second-order valence-electron chi connectivity index (χ2n) is 6.64. The Morgan fingerprint density at radius 3 is 2.24 bits per heavy atom. The van der Waals surface area contributed by atoms with Gasteiger partial charge in [0.15, 0.2) is 0 Å². The lowest BCUT2D eigenvalue weighted by molar-refractivity contribution is -0.134. The fourth-order valence-electron chi connectivity index (χ4n) is 3.53. The largest absolute Gasteiger partial charge is 0.497 e. The van der Waals surface area contributed by atoms with Gasteiger partial charge in [-0.25, -0.2) is 9.97 Å². The van der Waals surface area contributed by atoms with Crippen molar-refractivity contribution in [1.29, 1.82) is 0 Å². The number of hydrogen-bond acceptors (Lipinski definition) is 5. The first-order valence-electron chi connectivity index (χ1n) is 8.69. The van der Waals surface area contributed by atoms with E-state index in [1.807, 2.05) is 35.2 Å². The van der Waals surface area contributed by atoms with Crippen LogP contribution in [0.25, 0.3) is 0 Å². The van der Waals surface area contributed by atoms with Crippen LogP contribution >= 0.6 is 0 Å². The fourth-order valence-corrected chi connectivity index (χ4v) is 3.53. The zero-order valence-corrected chi connectivity index (χ0v) is 14.4. The molecule has 0 spiro atoms. The Kier molecular flexibility index (Phi) is 4.03. The van der Waals surface area contributed by atoms with Crippen LogP contribution in [0.15, 0.2) is 42.7 Å². The molecule has 25 heavy (non-hydrogen) atoms. The summed E-state index contributed by atoms with van der Waals surface area (Å²) >= 11 is 0. The van der Waals surface area contributed by atoms with Gasteiger partial charge in [0.25, 0.3) is 0 Å². The van der Waals surface area contributed by atoms with Gasteiger partial charge >= 0.3 is 0 Å². The molecule has 2 aliphatic rings. The second kappa shape index (κ2) is 6.35. The molecule has 1 aromatic carbocycles. The highest BCUT2D eigenvalue weighted by Crippen LogP contribution is 2.50. The minimum atomic E-state index is -0.322. The zero-order valence-electron chi connectivity index (χ0n) is 14.4. The number of hydrogen-bond donors (Lipinski definition) is 0. The summed E-state index contributed by atoms with van der Waals surface area (Å²) in [5.74, 6) is 1.82. The molecular formula is C19H22N4O2. The Morgan fingerprint density at radius 1 is 1.04 bits per heavy atom. The maximum absolute atomic E-state index is 13.1. The van der Waals surface area contributed by atoms with Crippen molar-refractivity contribution in [2.75, 3.05) is 38.2 Å². The third-order valence-corrected chi connectivity index (χ3v) is 5.20. The van der Waals surface area contributed by atoms with Gasteiger partial charge in [-0.05, 0) is 36.6 Å². The first-order valence-corrected chi connectivity index (χ1v) is 8.69. The van der Waals surface area contributed by atoms with Gasteiger partial charge in [-0.15, -0.1) is 0 Å². The van der Waals surface area contributed by atoms with E-state index in [0.717, 1.165) is 56.3 Å². The van der Waals surface area contributed by atoms with E-state index in [4.69, 9.17) is 4.74 Å². The SMILES string of the molecule is COc1ccc(C2(C(=O)N3CCN(c4ncccn4)CC3)CC2)cc1. The Bertz CT molecular complexity index is 736. The monoisotopic (exact) mass is 338 g/mol. The van der Waals surface area contributed by atoms with E-state index in [1.54, 1.807) is 19.5 Å². The molecule has 1 amide bonds. The van der Waals surface area contributed by atoms with Crippen LogP contribution in [0.5, 0.6) is 5.75 Å². The van der Waals surface area contributed by atoms with Gasteiger partial charge in [0.2, 0.25) is 11.9 Å². The molecule has 1 aliphatic heterocycles. The maximum Gasteiger partial charge on any atom is 0.233 e. The summed E-state index contributed by atoms with van der Waals surface area (Å²) < 4.78 is 5.22. The average Bonchev–Trinajstić information content (AvgIpc) is 3.50. The van der Waals surface area contributed by atoms with E-state index in [0.29, 0.717) is 0 Å². The van der Waals surface area contributed by atoms with Crippen molar-refractivity contribution in [3.63, 3.8) is 0 Å². The third kappa shape index (κ3) is 2.92. The number of rotatable bonds is 4. The summed E-state index contributed by atoms with van der Waals surface area (Å²) in [6.07, 6.45) is 5.37. The highest BCUT2D eigenvalue weighted by atomic mass is 16.5. The van der Waals surface area contributed by atoms with Gasteiger partial charge in [0, 0.05) is 38.6 Å². The van der Waals surface area contributed by atoms with Crippen LogP contribution in [-0.2, 0) is 10.2 Å². The van der Waals surface area contributed by atoms with E-state index < -0.39 is 0 Å². The lowest BCUT2D eigenvalue weighted by Crippen LogP contribution is -2.52. The molecule has 0 N–H and O–H groups in total. The quantitative estimate of drug-likeness (QED) is 0.852. The molecule has 1 aromatic heterocycles. The third-order valence-electron chi connectivity index (χ3n) is 5.20. The Balaban J connectivity index is 1.43. The summed E-state index contributed by atoms with van der Waals surface area (Å²) in [6.45, 7) is 2.98. The molecule has 130 valence electrons. The molecule has 0 bridgehead atoms. The van der Waals surface area contributed by atoms with Crippen LogP contribution in [0.3, 0.4) is 0 Å². The predicted molar refractivity (Wildman–Crippen MR) is 94.7 cm³/mol. The topological polar surface area (TPSA) is 58.6 Å². The Labute approximate surface area is 147 Å². The lowest BCUT2D eigenvalue weighted by Gasteiger charge is -2.36. The number of methoxy groups -OCH3 is 1. The van der Waals surface area contributed by atoms with Gasteiger partial charge in [0.1, 0.15) is 5.75 Å². The number of amides is 1. The number of ether oxygens (including phenoxy) is 1. The van der Waals surface area contributed by atoms with E-state index in [-0.39, 0.29) is 11.3 Å². The van der Waals surface area contributed by atoms with Crippen molar-refractivity contribution < 1.29 is 9.53 Å². The summed E-state index contributed by atoms with van der Waals surface area (Å²) in [7, 11) is 1.66. The van der Waals surface area contributed by atoms with Crippen LogP contribution < -0.4 is 9.64 Å². The van der Waals surface area contributed by atoms with Gasteiger partial charge in [0.05, 0.1) is 12.5 Å². The van der Waals surface area contributed by atoms with Gasteiger partial charge < -0.3 is 14.5 Å².